The normalized spacial score (nSPS) is 23.0. The van der Waals surface area contributed by atoms with Crippen molar-refractivity contribution in [3.05, 3.63) is 34.9 Å². The summed E-state index contributed by atoms with van der Waals surface area (Å²) in [6, 6.07) is 4.13. The van der Waals surface area contributed by atoms with Crippen molar-refractivity contribution in [1.29, 1.82) is 0 Å². The first kappa shape index (κ1) is 22.7. The molecule has 2 unspecified atom stereocenters. The summed E-state index contributed by atoms with van der Waals surface area (Å²) in [4.78, 5) is 0. The van der Waals surface area contributed by atoms with Gasteiger partial charge in [-0.05, 0) is 68.2 Å². The monoisotopic (exact) mass is 464 g/mol. The number of phenolic OH excluding ortho intramolecular Hbond substituents is 1. The first-order valence-electron chi connectivity index (χ1n) is 11.1. The number of fused-ring (bicyclic) bond motifs is 3. The first-order chi connectivity index (χ1) is 13.7. The van der Waals surface area contributed by atoms with Crippen molar-refractivity contribution < 1.29 is 14.9 Å². The Balaban J connectivity index is 1.87. The highest BCUT2D eigenvalue weighted by molar-refractivity contribution is 9.09. The second-order valence-corrected chi connectivity index (χ2v) is 10.8. The quantitative estimate of drug-likeness (QED) is 0.258. The molecule has 162 valence electrons. The van der Waals surface area contributed by atoms with E-state index in [0.29, 0.717) is 11.7 Å². The number of hydrogen-bond acceptors (Lipinski definition) is 3. The van der Waals surface area contributed by atoms with Crippen molar-refractivity contribution in [3.8, 4) is 11.5 Å². The van der Waals surface area contributed by atoms with Gasteiger partial charge in [0.05, 0.1) is 6.61 Å². The molecule has 3 rings (SSSR count). The van der Waals surface area contributed by atoms with E-state index in [1.54, 1.807) is 0 Å². The number of aliphatic hydroxyl groups excluding tert-OH is 1. The molecule has 2 N–H and O–H groups in total. The second kappa shape index (κ2) is 9.01. The van der Waals surface area contributed by atoms with Crippen LogP contribution in [0.3, 0.4) is 0 Å². The Kier molecular flexibility index (Phi) is 7.05. The largest absolute Gasteiger partial charge is 0.508 e. The predicted octanol–water partition coefficient (Wildman–Crippen LogP) is 6.60. The van der Waals surface area contributed by atoms with Crippen molar-refractivity contribution in [2.75, 3.05) is 11.9 Å². The molecule has 0 bridgehead atoms. The molecule has 2 atom stereocenters. The molecule has 0 radical (unpaired) electrons. The number of benzene rings is 1. The van der Waals surface area contributed by atoms with Crippen molar-refractivity contribution in [3.63, 3.8) is 0 Å². The van der Waals surface area contributed by atoms with Crippen LogP contribution in [0.1, 0.15) is 89.7 Å². The van der Waals surface area contributed by atoms with E-state index in [-0.39, 0.29) is 23.5 Å². The number of phenols is 1. The van der Waals surface area contributed by atoms with Crippen LogP contribution in [0.2, 0.25) is 0 Å². The Morgan fingerprint density at radius 1 is 1.17 bits per heavy atom. The van der Waals surface area contributed by atoms with E-state index < -0.39 is 0 Å². The van der Waals surface area contributed by atoms with Gasteiger partial charge in [0.1, 0.15) is 17.1 Å². The zero-order chi connectivity index (χ0) is 21.2. The van der Waals surface area contributed by atoms with Crippen molar-refractivity contribution in [2.24, 2.45) is 5.92 Å². The highest BCUT2D eigenvalue weighted by Crippen LogP contribution is 2.54. The van der Waals surface area contributed by atoms with E-state index in [9.17, 15) is 10.2 Å². The zero-order valence-electron chi connectivity index (χ0n) is 18.4. The van der Waals surface area contributed by atoms with Gasteiger partial charge in [0.2, 0.25) is 0 Å². The number of aromatic hydroxyl groups is 1. The van der Waals surface area contributed by atoms with E-state index in [4.69, 9.17) is 4.74 Å². The Morgan fingerprint density at radius 2 is 1.90 bits per heavy atom. The van der Waals surface area contributed by atoms with Gasteiger partial charge in [-0.3, -0.25) is 0 Å². The van der Waals surface area contributed by atoms with Crippen LogP contribution in [-0.4, -0.2) is 27.8 Å². The number of unbranched alkanes of at least 4 members (excludes halogenated alkanes) is 3. The lowest BCUT2D eigenvalue weighted by Crippen LogP contribution is -2.45. The van der Waals surface area contributed by atoms with Gasteiger partial charge in [0, 0.05) is 22.7 Å². The average molecular weight is 465 g/mol. The van der Waals surface area contributed by atoms with Crippen molar-refractivity contribution in [2.45, 2.75) is 89.6 Å². The minimum absolute atomic E-state index is 0.00596. The minimum atomic E-state index is -0.292. The van der Waals surface area contributed by atoms with E-state index >= 15 is 0 Å². The maximum Gasteiger partial charge on any atom is 0.127 e. The molecule has 4 heteroatoms. The standard InChI is InChI=1S/C25H37BrO3/c1-24(2,11-7-5-6-8-12-26)18-14-21(28)23-19-13-17(16-27)9-10-20(19)25(3,4)29-22(23)15-18/h9,14-15,19-20,27-28H,5-8,10-13,16H2,1-4H3. The van der Waals surface area contributed by atoms with Crippen LogP contribution in [0, 0.1) is 5.92 Å². The molecule has 0 spiro atoms. The Hall–Kier alpha value is -1.00. The smallest absolute Gasteiger partial charge is 0.127 e. The lowest BCUT2D eigenvalue weighted by Gasteiger charge is -2.47. The maximum absolute atomic E-state index is 11.0. The first-order valence-corrected chi connectivity index (χ1v) is 12.2. The van der Waals surface area contributed by atoms with E-state index in [2.05, 4.69) is 55.8 Å². The number of ether oxygens (including phenoxy) is 1. The molecule has 1 aromatic carbocycles. The molecule has 1 aliphatic heterocycles. The highest BCUT2D eigenvalue weighted by Gasteiger charge is 2.46. The van der Waals surface area contributed by atoms with E-state index in [1.807, 2.05) is 6.07 Å². The Bertz CT molecular complexity index is 751. The lowest BCUT2D eigenvalue weighted by atomic mass is 9.66. The van der Waals surface area contributed by atoms with Crippen LogP contribution in [-0.2, 0) is 5.41 Å². The molecule has 0 fully saturated rings. The summed E-state index contributed by atoms with van der Waals surface area (Å²) in [5.41, 5.74) is 2.86. The van der Waals surface area contributed by atoms with Gasteiger partial charge < -0.3 is 14.9 Å². The number of aliphatic hydroxyl groups is 1. The number of allylic oxidation sites excluding steroid dienone is 1. The number of halogens is 1. The van der Waals surface area contributed by atoms with E-state index in [0.717, 1.165) is 47.0 Å². The van der Waals surface area contributed by atoms with Crippen molar-refractivity contribution >= 4 is 15.9 Å². The number of rotatable bonds is 8. The number of hydrogen-bond donors (Lipinski definition) is 2. The van der Waals surface area contributed by atoms with Crippen LogP contribution in [0.25, 0.3) is 0 Å². The minimum Gasteiger partial charge on any atom is -0.508 e. The summed E-state index contributed by atoms with van der Waals surface area (Å²) in [5.74, 6) is 1.69. The summed E-state index contributed by atoms with van der Waals surface area (Å²) < 4.78 is 6.47. The molecule has 2 aliphatic rings. The summed E-state index contributed by atoms with van der Waals surface area (Å²) >= 11 is 3.50. The Labute approximate surface area is 184 Å². The SMILES string of the molecule is CC(C)(CCCCCCBr)c1cc(O)c2c(c1)OC(C)(C)C1CC=C(CO)CC21. The maximum atomic E-state index is 11.0. The van der Waals surface area contributed by atoms with Crippen LogP contribution < -0.4 is 4.74 Å². The van der Waals surface area contributed by atoms with Gasteiger partial charge in [-0.25, -0.2) is 0 Å². The van der Waals surface area contributed by atoms with Gasteiger partial charge in [-0.2, -0.15) is 0 Å². The van der Waals surface area contributed by atoms with Crippen LogP contribution >= 0.6 is 15.9 Å². The average Bonchev–Trinajstić information content (AvgIpc) is 2.66. The fraction of sp³-hybridized carbons (Fsp3) is 0.680. The zero-order valence-corrected chi connectivity index (χ0v) is 20.0. The summed E-state index contributed by atoms with van der Waals surface area (Å²) in [7, 11) is 0. The Morgan fingerprint density at radius 3 is 2.59 bits per heavy atom. The van der Waals surface area contributed by atoms with E-state index in [1.165, 1.54) is 25.7 Å². The van der Waals surface area contributed by atoms with Crippen LogP contribution in [0.15, 0.2) is 23.8 Å². The third-order valence-corrected chi connectivity index (χ3v) is 7.62. The van der Waals surface area contributed by atoms with Gasteiger partial charge in [-0.1, -0.05) is 55.1 Å². The van der Waals surface area contributed by atoms with Gasteiger partial charge in [-0.15, -0.1) is 0 Å². The molecule has 0 amide bonds. The summed E-state index contributed by atoms with van der Waals surface area (Å²) in [5, 5.41) is 21.8. The highest BCUT2D eigenvalue weighted by atomic mass is 79.9. The topological polar surface area (TPSA) is 49.7 Å². The molecule has 0 saturated carbocycles. The number of alkyl halides is 1. The summed E-state index contributed by atoms with van der Waals surface area (Å²) in [6.07, 6.45) is 9.86. The molecule has 1 aromatic rings. The molecule has 3 nitrogen and oxygen atoms in total. The molecule has 1 aliphatic carbocycles. The third-order valence-electron chi connectivity index (χ3n) is 7.06. The molecule has 0 aromatic heterocycles. The molecule has 29 heavy (non-hydrogen) atoms. The molecular formula is C25H37BrO3. The van der Waals surface area contributed by atoms with Crippen LogP contribution in [0.5, 0.6) is 11.5 Å². The van der Waals surface area contributed by atoms with Gasteiger partial charge in [0.15, 0.2) is 0 Å². The van der Waals surface area contributed by atoms with Gasteiger partial charge in [0.25, 0.3) is 0 Å². The predicted molar refractivity (Wildman–Crippen MR) is 123 cm³/mol. The molecule has 1 heterocycles. The fourth-order valence-electron chi connectivity index (χ4n) is 5.14. The van der Waals surface area contributed by atoms with Crippen LogP contribution in [0.4, 0.5) is 0 Å². The summed E-state index contributed by atoms with van der Waals surface area (Å²) in [6.45, 7) is 8.94. The third kappa shape index (κ3) is 4.85. The van der Waals surface area contributed by atoms with Crippen molar-refractivity contribution in [1.82, 2.24) is 0 Å². The second-order valence-electron chi connectivity index (χ2n) is 10.0. The molecular weight excluding hydrogens is 428 g/mol. The van der Waals surface area contributed by atoms with Gasteiger partial charge >= 0.3 is 0 Å². The lowest BCUT2D eigenvalue weighted by molar-refractivity contribution is 0.00662. The molecule has 0 saturated heterocycles. The fourth-order valence-corrected chi connectivity index (χ4v) is 5.54.